The van der Waals surface area contributed by atoms with E-state index in [9.17, 15) is 9.50 Å². The molecule has 0 aromatic heterocycles. The number of halogens is 3. The van der Waals surface area contributed by atoms with E-state index in [1.165, 1.54) is 6.07 Å². The molecule has 0 fully saturated rings. The van der Waals surface area contributed by atoms with Gasteiger partial charge in [0.1, 0.15) is 18.2 Å². The first-order chi connectivity index (χ1) is 9.47. The second-order valence-electron chi connectivity index (χ2n) is 4.39. The standard InChI is InChI=1S/C15H13Cl2FO2/c1-9(19)10-3-5-15(13(17)6-10)20-8-11-2-4-12(16)7-14(11)18/h2-7,9,19H,8H2,1H3. The third-order valence-corrected chi connectivity index (χ3v) is 3.37. The van der Waals surface area contributed by atoms with Crippen molar-refractivity contribution in [3.05, 3.63) is 63.4 Å². The van der Waals surface area contributed by atoms with Gasteiger partial charge in [0.2, 0.25) is 0 Å². The molecule has 0 saturated heterocycles. The Morgan fingerprint density at radius 1 is 1.20 bits per heavy atom. The van der Waals surface area contributed by atoms with Gasteiger partial charge in [-0.3, -0.25) is 0 Å². The van der Waals surface area contributed by atoms with Gasteiger partial charge >= 0.3 is 0 Å². The second kappa shape index (κ2) is 6.44. The Morgan fingerprint density at radius 2 is 1.95 bits per heavy atom. The third kappa shape index (κ3) is 3.63. The van der Waals surface area contributed by atoms with Crippen LogP contribution in [0, 0.1) is 5.82 Å². The lowest BCUT2D eigenvalue weighted by Gasteiger charge is -2.11. The summed E-state index contributed by atoms with van der Waals surface area (Å²) in [5, 5.41) is 10.2. The fourth-order valence-corrected chi connectivity index (χ4v) is 2.09. The molecule has 0 aliphatic rings. The maximum Gasteiger partial charge on any atom is 0.138 e. The van der Waals surface area contributed by atoms with E-state index in [0.717, 1.165) is 0 Å². The number of hydrogen-bond acceptors (Lipinski definition) is 2. The van der Waals surface area contributed by atoms with E-state index in [2.05, 4.69) is 0 Å². The van der Waals surface area contributed by atoms with Crippen LogP contribution < -0.4 is 4.74 Å². The number of rotatable bonds is 4. The van der Waals surface area contributed by atoms with Crippen LogP contribution >= 0.6 is 23.2 Å². The third-order valence-electron chi connectivity index (χ3n) is 2.84. The monoisotopic (exact) mass is 314 g/mol. The highest BCUT2D eigenvalue weighted by Gasteiger charge is 2.08. The maximum absolute atomic E-state index is 13.6. The zero-order valence-electron chi connectivity index (χ0n) is 10.7. The lowest BCUT2D eigenvalue weighted by atomic mass is 10.1. The van der Waals surface area contributed by atoms with Crippen molar-refractivity contribution in [2.45, 2.75) is 19.6 Å². The van der Waals surface area contributed by atoms with Crippen LogP contribution in [0.5, 0.6) is 5.75 Å². The molecule has 2 aromatic carbocycles. The molecule has 1 N–H and O–H groups in total. The summed E-state index contributed by atoms with van der Waals surface area (Å²) >= 11 is 11.7. The van der Waals surface area contributed by atoms with Gasteiger partial charge < -0.3 is 9.84 Å². The zero-order valence-corrected chi connectivity index (χ0v) is 12.2. The van der Waals surface area contributed by atoms with E-state index < -0.39 is 11.9 Å². The second-order valence-corrected chi connectivity index (χ2v) is 5.23. The van der Waals surface area contributed by atoms with Crippen molar-refractivity contribution in [3.63, 3.8) is 0 Å². The number of aliphatic hydroxyl groups excluding tert-OH is 1. The van der Waals surface area contributed by atoms with Crippen molar-refractivity contribution < 1.29 is 14.2 Å². The molecule has 0 aliphatic heterocycles. The Labute approximate surface area is 126 Å². The highest BCUT2D eigenvalue weighted by Crippen LogP contribution is 2.29. The predicted octanol–water partition coefficient (Wildman–Crippen LogP) is 4.76. The Balaban J connectivity index is 2.11. The van der Waals surface area contributed by atoms with Crippen LogP contribution in [0.2, 0.25) is 10.0 Å². The molecule has 0 saturated carbocycles. The molecule has 0 radical (unpaired) electrons. The van der Waals surface area contributed by atoms with Crippen LogP contribution in [0.3, 0.4) is 0 Å². The zero-order chi connectivity index (χ0) is 14.7. The first-order valence-electron chi connectivity index (χ1n) is 6.01. The number of benzene rings is 2. The van der Waals surface area contributed by atoms with E-state index >= 15 is 0 Å². The van der Waals surface area contributed by atoms with Crippen molar-refractivity contribution in [2.24, 2.45) is 0 Å². The summed E-state index contributed by atoms with van der Waals surface area (Å²) in [6, 6.07) is 9.39. The van der Waals surface area contributed by atoms with Crippen LogP contribution in [0.4, 0.5) is 4.39 Å². The molecule has 1 atom stereocenters. The quantitative estimate of drug-likeness (QED) is 0.881. The normalized spacial score (nSPS) is 12.2. The fraction of sp³-hybridized carbons (Fsp3) is 0.200. The molecule has 0 amide bonds. The van der Waals surface area contributed by atoms with E-state index in [-0.39, 0.29) is 6.61 Å². The molecule has 20 heavy (non-hydrogen) atoms. The minimum atomic E-state index is -0.602. The average Bonchev–Trinajstić information content (AvgIpc) is 2.38. The highest BCUT2D eigenvalue weighted by molar-refractivity contribution is 6.32. The van der Waals surface area contributed by atoms with Gasteiger partial charge in [-0.1, -0.05) is 35.3 Å². The summed E-state index contributed by atoms with van der Waals surface area (Å²) in [7, 11) is 0. The lowest BCUT2D eigenvalue weighted by Crippen LogP contribution is -1.99. The molecular formula is C15H13Cl2FO2. The SMILES string of the molecule is CC(O)c1ccc(OCc2ccc(Cl)cc2F)c(Cl)c1. The van der Waals surface area contributed by atoms with Gasteiger partial charge in [0.05, 0.1) is 11.1 Å². The van der Waals surface area contributed by atoms with Gasteiger partial charge in [-0.2, -0.15) is 0 Å². The Kier molecular flexibility index (Phi) is 4.86. The van der Waals surface area contributed by atoms with Gasteiger partial charge in [-0.25, -0.2) is 4.39 Å². The van der Waals surface area contributed by atoms with Crippen LogP contribution in [0.15, 0.2) is 36.4 Å². The molecule has 5 heteroatoms. The van der Waals surface area contributed by atoms with E-state index in [1.54, 1.807) is 37.3 Å². The summed E-state index contributed by atoms with van der Waals surface area (Å²) in [4.78, 5) is 0. The van der Waals surface area contributed by atoms with Crippen LogP contribution in [0.25, 0.3) is 0 Å². The van der Waals surface area contributed by atoms with Gasteiger partial charge in [-0.05, 0) is 36.8 Å². The largest absolute Gasteiger partial charge is 0.487 e. The van der Waals surface area contributed by atoms with Crippen LogP contribution in [-0.2, 0) is 6.61 Å². The van der Waals surface area contributed by atoms with Gasteiger partial charge in [0, 0.05) is 10.6 Å². The summed E-state index contributed by atoms with van der Waals surface area (Å²) in [6.45, 7) is 1.70. The van der Waals surface area contributed by atoms with Crippen molar-refractivity contribution >= 4 is 23.2 Å². The van der Waals surface area contributed by atoms with Gasteiger partial charge in [0.15, 0.2) is 0 Å². The van der Waals surface area contributed by atoms with E-state index in [4.69, 9.17) is 27.9 Å². The fourth-order valence-electron chi connectivity index (χ4n) is 1.69. The topological polar surface area (TPSA) is 29.5 Å². The van der Waals surface area contributed by atoms with Crippen LogP contribution in [0.1, 0.15) is 24.2 Å². The molecule has 0 spiro atoms. The summed E-state index contributed by atoms with van der Waals surface area (Å²) in [5.41, 5.74) is 1.09. The highest BCUT2D eigenvalue weighted by atomic mass is 35.5. The molecule has 2 nitrogen and oxygen atoms in total. The minimum Gasteiger partial charge on any atom is -0.487 e. The van der Waals surface area contributed by atoms with Crippen molar-refractivity contribution in [1.82, 2.24) is 0 Å². The maximum atomic E-state index is 13.6. The number of aliphatic hydroxyl groups is 1. The van der Waals surface area contributed by atoms with Gasteiger partial charge in [-0.15, -0.1) is 0 Å². The number of hydrogen-bond donors (Lipinski definition) is 1. The average molecular weight is 315 g/mol. The van der Waals surface area contributed by atoms with Crippen LogP contribution in [-0.4, -0.2) is 5.11 Å². The summed E-state index contributed by atoms with van der Waals surface area (Å²) < 4.78 is 19.1. The van der Waals surface area contributed by atoms with E-state index in [1.807, 2.05) is 0 Å². The van der Waals surface area contributed by atoms with Crippen molar-refractivity contribution in [3.8, 4) is 5.75 Å². The lowest BCUT2D eigenvalue weighted by molar-refractivity contribution is 0.199. The molecule has 1 unspecified atom stereocenters. The Bertz CT molecular complexity index is 615. The van der Waals surface area contributed by atoms with E-state index in [0.29, 0.717) is 26.9 Å². The van der Waals surface area contributed by atoms with Gasteiger partial charge in [0.25, 0.3) is 0 Å². The molecule has 0 bridgehead atoms. The number of ether oxygens (including phenoxy) is 1. The molecule has 0 heterocycles. The first-order valence-corrected chi connectivity index (χ1v) is 6.77. The predicted molar refractivity (Wildman–Crippen MR) is 77.8 cm³/mol. The smallest absolute Gasteiger partial charge is 0.138 e. The van der Waals surface area contributed by atoms with Crippen molar-refractivity contribution in [1.29, 1.82) is 0 Å². The molecule has 2 rings (SSSR count). The molecular weight excluding hydrogens is 302 g/mol. The Hall–Kier alpha value is -1.29. The minimum absolute atomic E-state index is 0.0523. The van der Waals surface area contributed by atoms with Crippen molar-refractivity contribution in [2.75, 3.05) is 0 Å². The first kappa shape index (κ1) is 15.1. The Morgan fingerprint density at radius 3 is 2.55 bits per heavy atom. The molecule has 0 aliphatic carbocycles. The molecule has 106 valence electrons. The molecule has 2 aromatic rings. The summed E-state index contributed by atoms with van der Waals surface area (Å²) in [5.74, 6) is 0.0136. The summed E-state index contributed by atoms with van der Waals surface area (Å²) in [6.07, 6.45) is -0.602.